The molecule has 4 heteroatoms. The van der Waals surface area contributed by atoms with Gasteiger partial charge in [0.05, 0.1) is 6.61 Å². The Morgan fingerprint density at radius 3 is 2.60 bits per heavy atom. The Balaban J connectivity index is 2.53. The number of esters is 1. The zero-order valence-corrected chi connectivity index (χ0v) is 13.5. The Labute approximate surface area is 126 Å². The lowest BCUT2D eigenvalue weighted by molar-refractivity contribution is -0.150. The van der Waals surface area contributed by atoms with E-state index in [0.717, 1.165) is 25.1 Å². The lowest BCUT2D eigenvalue weighted by atomic mass is 9.99. The van der Waals surface area contributed by atoms with Crippen molar-refractivity contribution in [1.29, 1.82) is 0 Å². The van der Waals surface area contributed by atoms with Gasteiger partial charge in [-0.2, -0.15) is 0 Å². The van der Waals surface area contributed by atoms with Crippen LogP contribution in [0.5, 0.6) is 0 Å². The number of nitrogens with one attached hydrogen (secondary N) is 1. The van der Waals surface area contributed by atoms with Gasteiger partial charge in [0.2, 0.25) is 0 Å². The molecule has 0 aliphatic carbocycles. The van der Waals surface area contributed by atoms with Crippen LogP contribution in [0, 0.1) is 0 Å². The second kappa shape index (κ2) is 9.03. The van der Waals surface area contributed by atoms with E-state index in [2.05, 4.69) is 24.4 Å². The van der Waals surface area contributed by atoms with E-state index in [9.17, 15) is 4.79 Å². The second-order valence-electron chi connectivity index (χ2n) is 4.89. The molecule has 0 heterocycles. The van der Waals surface area contributed by atoms with Gasteiger partial charge in [0, 0.05) is 10.6 Å². The van der Waals surface area contributed by atoms with Crippen molar-refractivity contribution in [3.63, 3.8) is 0 Å². The molecule has 0 amide bonds. The van der Waals surface area contributed by atoms with Crippen LogP contribution in [0.15, 0.2) is 35.2 Å². The zero-order chi connectivity index (χ0) is 14.8. The summed E-state index contributed by atoms with van der Waals surface area (Å²) in [6.45, 7) is 7.12. The maximum absolute atomic E-state index is 12.1. The van der Waals surface area contributed by atoms with Gasteiger partial charge in [-0.15, -0.1) is 11.8 Å². The molecule has 0 aliphatic heterocycles. The summed E-state index contributed by atoms with van der Waals surface area (Å²) in [4.78, 5) is 13.3. The summed E-state index contributed by atoms with van der Waals surface area (Å²) < 4.78 is 5.20. The fourth-order valence-corrected chi connectivity index (χ4v) is 2.94. The van der Waals surface area contributed by atoms with Gasteiger partial charge in [-0.05, 0) is 45.4 Å². The second-order valence-corrected chi connectivity index (χ2v) is 6.06. The van der Waals surface area contributed by atoms with Crippen LogP contribution in [0.4, 0.5) is 0 Å². The summed E-state index contributed by atoms with van der Waals surface area (Å²) in [5.74, 6) is 0.734. The highest BCUT2D eigenvalue weighted by atomic mass is 32.2. The summed E-state index contributed by atoms with van der Waals surface area (Å²) in [7, 11) is 0. The van der Waals surface area contributed by atoms with E-state index in [1.165, 1.54) is 4.90 Å². The summed E-state index contributed by atoms with van der Waals surface area (Å²) in [5.41, 5.74) is -0.589. The van der Waals surface area contributed by atoms with Gasteiger partial charge in [0.1, 0.15) is 5.54 Å². The third-order valence-electron chi connectivity index (χ3n) is 3.11. The minimum Gasteiger partial charge on any atom is -0.465 e. The summed E-state index contributed by atoms with van der Waals surface area (Å²) >= 11 is 1.77. The molecule has 20 heavy (non-hydrogen) atoms. The van der Waals surface area contributed by atoms with Crippen LogP contribution in [0.2, 0.25) is 0 Å². The van der Waals surface area contributed by atoms with Crippen LogP contribution in [-0.2, 0) is 9.53 Å². The van der Waals surface area contributed by atoms with Crippen LogP contribution in [0.25, 0.3) is 0 Å². The van der Waals surface area contributed by atoms with Crippen LogP contribution in [0.3, 0.4) is 0 Å². The van der Waals surface area contributed by atoms with Crippen molar-refractivity contribution in [3.05, 3.63) is 30.3 Å². The average molecular weight is 295 g/mol. The van der Waals surface area contributed by atoms with Gasteiger partial charge >= 0.3 is 5.97 Å². The molecule has 0 radical (unpaired) electrons. The highest BCUT2D eigenvalue weighted by molar-refractivity contribution is 7.99. The smallest absolute Gasteiger partial charge is 0.326 e. The van der Waals surface area contributed by atoms with Crippen molar-refractivity contribution in [2.75, 3.05) is 18.9 Å². The van der Waals surface area contributed by atoms with E-state index >= 15 is 0 Å². The number of carbonyl (C=O) groups excluding carboxylic acids is 1. The van der Waals surface area contributed by atoms with Crippen LogP contribution in [-0.4, -0.2) is 30.4 Å². The van der Waals surface area contributed by atoms with E-state index in [1.807, 2.05) is 32.0 Å². The molecule has 1 unspecified atom stereocenters. The van der Waals surface area contributed by atoms with E-state index in [0.29, 0.717) is 6.61 Å². The molecule has 0 aliphatic rings. The Hall–Kier alpha value is -1.00. The minimum atomic E-state index is -0.589. The van der Waals surface area contributed by atoms with Gasteiger partial charge in [0.15, 0.2) is 0 Å². The number of ether oxygens (including phenoxy) is 1. The van der Waals surface area contributed by atoms with Gasteiger partial charge in [0.25, 0.3) is 0 Å². The van der Waals surface area contributed by atoms with Crippen LogP contribution in [0.1, 0.15) is 33.6 Å². The lowest BCUT2D eigenvalue weighted by Crippen LogP contribution is -2.51. The topological polar surface area (TPSA) is 38.3 Å². The molecule has 112 valence electrons. The monoisotopic (exact) mass is 295 g/mol. The Kier molecular flexibility index (Phi) is 7.70. The molecule has 1 aromatic rings. The molecular weight excluding hydrogens is 270 g/mol. The first kappa shape index (κ1) is 17.1. The van der Waals surface area contributed by atoms with Crippen molar-refractivity contribution in [1.82, 2.24) is 5.32 Å². The number of hydrogen-bond donors (Lipinski definition) is 1. The molecule has 0 bridgehead atoms. The first-order chi connectivity index (χ1) is 9.62. The van der Waals surface area contributed by atoms with Crippen molar-refractivity contribution in [3.8, 4) is 0 Å². The van der Waals surface area contributed by atoms with Gasteiger partial charge in [-0.3, -0.25) is 4.79 Å². The Morgan fingerprint density at radius 1 is 1.30 bits per heavy atom. The third-order valence-corrected chi connectivity index (χ3v) is 4.12. The van der Waals surface area contributed by atoms with Crippen molar-refractivity contribution >= 4 is 17.7 Å². The maximum Gasteiger partial charge on any atom is 0.326 e. The van der Waals surface area contributed by atoms with E-state index < -0.39 is 5.54 Å². The van der Waals surface area contributed by atoms with E-state index in [4.69, 9.17) is 4.74 Å². The summed E-state index contributed by atoms with van der Waals surface area (Å²) in [6, 6.07) is 10.2. The first-order valence-electron chi connectivity index (χ1n) is 7.22. The SMILES string of the molecule is CCCNC(C)(CCSc1ccccc1)C(=O)OCC. The van der Waals surface area contributed by atoms with Gasteiger partial charge < -0.3 is 10.1 Å². The standard InChI is InChI=1S/C16H25NO2S/c1-4-12-17-16(3,15(18)19-5-2)11-13-20-14-9-7-6-8-10-14/h6-10,17H,4-5,11-13H2,1-3H3. The molecule has 0 fully saturated rings. The van der Waals surface area contributed by atoms with Crippen molar-refractivity contribution in [2.24, 2.45) is 0 Å². The Bertz CT molecular complexity index is 397. The average Bonchev–Trinajstić information content (AvgIpc) is 2.46. The molecule has 0 spiro atoms. The number of thioether (sulfide) groups is 1. The predicted molar refractivity (Wildman–Crippen MR) is 85.1 cm³/mol. The summed E-state index contributed by atoms with van der Waals surface area (Å²) in [5, 5.41) is 3.33. The number of hydrogen-bond acceptors (Lipinski definition) is 4. The number of rotatable bonds is 9. The van der Waals surface area contributed by atoms with E-state index in [-0.39, 0.29) is 5.97 Å². The van der Waals surface area contributed by atoms with Crippen LogP contribution < -0.4 is 5.32 Å². The lowest BCUT2D eigenvalue weighted by Gasteiger charge is -2.28. The third kappa shape index (κ3) is 5.55. The molecule has 1 N–H and O–H groups in total. The highest BCUT2D eigenvalue weighted by Gasteiger charge is 2.33. The molecule has 1 rings (SSSR count). The molecule has 0 saturated heterocycles. The van der Waals surface area contributed by atoms with Crippen molar-refractivity contribution in [2.45, 2.75) is 44.0 Å². The normalized spacial score (nSPS) is 13.8. The van der Waals surface area contributed by atoms with Crippen molar-refractivity contribution < 1.29 is 9.53 Å². The van der Waals surface area contributed by atoms with Crippen LogP contribution >= 0.6 is 11.8 Å². The first-order valence-corrected chi connectivity index (χ1v) is 8.21. The fraction of sp³-hybridized carbons (Fsp3) is 0.562. The highest BCUT2D eigenvalue weighted by Crippen LogP contribution is 2.22. The minimum absolute atomic E-state index is 0.151. The molecular formula is C16H25NO2S. The largest absolute Gasteiger partial charge is 0.465 e. The van der Waals surface area contributed by atoms with Gasteiger partial charge in [-0.25, -0.2) is 0 Å². The zero-order valence-electron chi connectivity index (χ0n) is 12.6. The molecule has 1 atom stereocenters. The maximum atomic E-state index is 12.1. The Morgan fingerprint density at radius 2 is 2.00 bits per heavy atom. The number of carbonyl (C=O) groups is 1. The summed E-state index contributed by atoms with van der Waals surface area (Å²) in [6.07, 6.45) is 1.76. The molecule has 1 aromatic carbocycles. The molecule has 0 aromatic heterocycles. The molecule has 0 saturated carbocycles. The fourth-order valence-electron chi connectivity index (χ4n) is 1.84. The van der Waals surface area contributed by atoms with Gasteiger partial charge in [-0.1, -0.05) is 25.1 Å². The number of benzene rings is 1. The molecule has 3 nitrogen and oxygen atoms in total. The van der Waals surface area contributed by atoms with E-state index in [1.54, 1.807) is 11.8 Å². The quantitative estimate of drug-likeness (QED) is 0.559. The predicted octanol–water partition coefficient (Wildman–Crippen LogP) is 3.49.